The van der Waals surface area contributed by atoms with E-state index >= 15 is 0 Å². The maximum absolute atomic E-state index is 12.0. The molecule has 0 amide bonds. The number of halogens is 10. The number of aryl methyl sites for hydroxylation is 5. The number of ether oxygens (including phenoxy) is 2. The van der Waals surface area contributed by atoms with Gasteiger partial charge in [0.15, 0.2) is 0 Å². The van der Waals surface area contributed by atoms with E-state index in [4.69, 9.17) is 16.3 Å². The maximum Gasteiger partial charge on any atom is 0.573 e. The fourth-order valence-corrected chi connectivity index (χ4v) is 3.71. The first kappa shape index (κ1) is 44.4. The summed E-state index contributed by atoms with van der Waals surface area (Å²) in [6, 6.07) is 31.7. The minimum atomic E-state index is -4.60. The topological polar surface area (TPSA) is 18.5 Å². The Balaban J connectivity index is 0.000000321. The third-order valence-corrected chi connectivity index (χ3v) is 6.47. The highest BCUT2D eigenvalue weighted by Crippen LogP contribution is 2.30. The van der Waals surface area contributed by atoms with Gasteiger partial charge in [0.05, 0.1) is 18.2 Å². The summed E-state index contributed by atoms with van der Waals surface area (Å²) in [6.07, 6.45) is -13.0. The molecule has 276 valence electrons. The molecule has 0 saturated carbocycles. The zero-order valence-electron chi connectivity index (χ0n) is 28.6. The first-order valence-electron chi connectivity index (χ1n) is 15.0. The summed E-state index contributed by atoms with van der Waals surface area (Å²) in [5.41, 5.74) is 3.65. The Hall–Kier alpha value is -4.64. The molecular weight excluding hydrogens is 707 g/mol. The summed E-state index contributed by atoms with van der Waals surface area (Å²) in [5.74, 6) is 0.739. The maximum atomic E-state index is 12.0. The Morgan fingerprint density at radius 3 is 1.18 bits per heavy atom. The Labute approximate surface area is 297 Å². The van der Waals surface area contributed by atoms with Crippen molar-refractivity contribution < 1.29 is 49.0 Å². The van der Waals surface area contributed by atoms with Crippen LogP contribution in [-0.2, 0) is 12.4 Å². The van der Waals surface area contributed by atoms with Crippen molar-refractivity contribution >= 4 is 11.6 Å². The predicted molar refractivity (Wildman–Crippen MR) is 184 cm³/mol. The second-order valence-electron chi connectivity index (χ2n) is 10.9. The van der Waals surface area contributed by atoms with Crippen molar-refractivity contribution in [2.75, 3.05) is 7.11 Å². The van der Waals surface area contributed by atoms with Crippen molar-refractivity contribution in [1.82, 2.24) is 0 Å². The Kier molecular flexibility index (Phi) is 18.2. The van der Waals surface area contributed by atoms with E-state index in [1.54, 1.807) is 46.1 Å². The van der Waals surface area contributed by atoms with Crippen LogP contribution in [0.3, 0.4) is 0 Å². The molecule has 0 unspecified atom stereocenters. The molecular formula is C39H38ClF9O2. The summed E-state index contributed by atoms with van der Waals surface area (Å²) in [5, 5.41) is 0.801. The quantitative estimate of drug-likeness (QED) is 0.168. The molecule has 0 radical (unpaired) electrons. The van der Waals surface area contributed by atoms with Crippen LogP contribution in [0.2, 0.25) is 5.02 Å². The second-order valence-corrected chi connectivity index (χ2v) is 11.3. The number of rotatable bonds is 2. The standard InChI is InChI=1S/C8H7F3O.2C8H7F3.C8H10O.C7H7Cl/c1-6-2-4-7(5-3-6)12-8(9,10)11;1-6-2-4-7(5-3-6)8(9,10)11;1-6-3-2-4-7(5-6)8(9,10)11;1-7-4-3-5-8(6-7)9-2;1-6-2-4-7(8)5-3-6/h2-5H,1H3;2*2-5H,1H3;3-6H,1-2H3;2-5H,1H3. The van der Waals surface area contributed by atoms with Crippen molar-refractivity contribution in [3.8, 4) is 11.5 Å². The highest BCUT2D eigenvalue weighted by Gasteiger charge is 2.31. The number of alkyl halides is 9. The third kappa shape index (κ3) is 20.6. The van der Waals surface area contributed by atoms with E-state index in [1.807, 2.05) is 62.4 Å². The van der Waals surface area contributed by atoms with Gasteiger partial charge in [-0.1, -0.05) is 101 Å². The first-order chi connectivity index (χ1) is 23.6. The van der Waals surface area contributed by atoms with Gasteiger partial charge in [0.2, 0.25) is 0 Å². The molecule has 5 aromatic carbocycles. The molecule has 0 spiro atoms. The summed E-state index contributed by atoms with van der Waals surface area (Å²) in [7, 11) is 1.68. The number of hydrogen-bond donors (Lipinski definition) is 0. The molecule has 0 aromatic heterocycles. The van der Waals surface area contributed by atoms with Crippen LogP contribution >= 0.6 is 11.6 Å². The lowest BCUT2D eigenvalue weighted by atomic mass is 10.1. The van der Waals surface area contributed by atoms with E-state index in [-0.39, 0.29) is 5.75 Å². The number of hydrogen-bond acceptors (Lipinski definition) is 2. The van der Waals surface area contributed by atoms with Crippen LogP contribution in [0.4, 0.5) is 39.5 Å². The van der Waals surface area contributed by atoms with E-state index in [9.17, 15) is 39.5 Å². The van der Waals surface area contributed by atoms with Crippen LogP contribution in [0.25, 0.3) is 0 Å². The number of methoxy groups -OCH3 is 1. The van der Waals surface area contributed by atoms with Crippen LogP contribution in [0.15, 0.2) is 121 Å². The Morgan fingerprint density at radius 1 is 0.431 bits per heavy atom. The molecule has 0 aliphatic carbocycles. The molecule has 0 saturated heterocycles. The van der Waals surface area contributed by atoms with Gasteiger partial charge in [-0.15, -0.1) is 13.2 Å². The molecule has 0 N–H and O–H groups in total. The van der Waals surface area contributed by atoms with Gasteiger partial charge in [0.1, 0.15) is 11.5 Å². The van der Waals surface area contributed by atoms with Gasteiger partial charge in [0, 0.05) is 5.02 Å². The smallest absolute Gasteiger partial charge is 0.497 e. The lowest BCUT2D eigenvalue weighted by Gasteiger charge is -2.08. The van der Waals surface area contributed by atoms with Crippen molar-refractivity contribution in [3.63, 3.8) is 0 Å². The van der Waals surface area contributed by atoms with Crippen LogP contribution in [-0.4, -0.2) is 13.5 Å². The van der Waals surface area contributed by atoms with Gasteiger partial charge in [-0.25, -0.2) is 0 Å². The average Bonchev–Trinajstić information content (AvgIpc) is 3.04. The zero-order chi connectivity index (χ0) is 38.8. The van der Waals surface area contributed by atoms with E-state index in [0.717, 1.165) is 46.2 Å². The van der Waals surface area contributed by atoms with Gasteiger partial charge in [-0.3, -0.25) is 0 Å². The molecule has 0 aliphatic rings. The summed E-state index contributed by atoms with van der Waals surface area (Å²) < 4.78 is 115. The molecule has 5 rings (SSSR count). The molecule has 0 heterocycles. The lowest BCUT2D eigenvalue weighted by Crippen LogP contribution is -2.16. The van der Waals surface area contributed by atoms with Crippen molar-refractivity contribution in [3.05, 3.63) is 165 Å². The summed E-state index contributed by atoms with van der Waals surface area (Å²) in [6.45, 7) is 9.26. The average molecular weight is 745 g/mol. The minimum absolute atomic E-state index is 0.187. The predicted octanol–water partition coefficient (Wildman–Crippen LogP) is 13.6. The summed E-state index contributed by atoms with van der Waals surface area (Å²) in [4.78, 5) is 0. The zero-order valence-corrected chi connectivity index (χ0v) is 29.4. The van der Waals surface area contributed by atoms with Crippen LogP contribution < -0.4 is 9.47 Å². The largest absolute Gasteiger partial charge is 0.573 e. The Morgan fingerprint density at radius 2 is 0.843 bits per heavy atom. The second kappa shape index (κ2) is 20.9. The molecule has 51 heavy (non-hydrogen) atoms. The van der Waals surface area contributed by atoms with Gasteiger partial charge in [-0.05, 0) is 94.8 Å². The van der Waals surface area contributed by atoms with Crippen molar-refractivity contribution in [2.45, 2.75) is 53.3 Å². The van der Waals surface area contributed by atoms with Gasteiger partial charge >= 0.3 is 18.7 Å². The third-order valence-electron chi connectivity index (χ3n) is 6.21. The first-order valence-corrected chi connectivity index (χ1v) is 15.4. The van der Waals surface area contributed by atoms with Gasteiger partial charge in [0.25, 0.3) is 0 Å². The van der Waals surface area contributed by atoms with E-state index < -0.39 is 29.8 Å². The van der Waals surface area contributed by atoms with Crippen LogP contribution in [0, 0.1) is 34.6 Å². The van der Waals surface area contributed by atoms with Crippen LogP contribution in [0.5, 0.6) is 11.5 Å². The van der Waals surface area contributed by atoms with Crippen LogP contribution in [0.1, 0.15) is 38.9 Å². The fraction of sp³-hybridized carbons (Fsp3) is 0.231. The van der Waals surface area contributed by atoms with Gasteiger partial charge in [-0.2, -0.15) is 26.3 Å². The van der Waals surface area contributed by atoms with Crippen molar-refractivity contribution in [1.29, 1.82) is 0 Å². The molecule has 2 nitrogen and oxygen atoms in total. The molecule has 0 fully saturated rings. The molecule has 12 heteroatoms. The highest BCUT2D eigenvalue weighted by atomic mass is 35.5. The van der Waals surface area contributed by atoms with Gasteiger partial charge < -0.3 is 9.47 Å². The SMILES string of the molecule is COc1cccc(C)c1.Cc1ccc(C(F)(F)F)cc1.Cc1ccc(Cl)cc1.Cc1ccc(OC(F)(F)F)cc1.Cc1cccc(C(F)(F)F)c1. The molecule has 0 aliphatic heterocycles. The van der Waals surface area contributed by atoms with E-state index in [1.165, 1.54) is 41.5 Å². The lowest BCUT2D eigenvalue weighted by molar-refractivity contribution is -0.274. The normalized spacial score (nSPS) is 10.7. The Bertz CT molecular complexity index is 1680. The minimum Gasteiger partial charge on any atom is -0.497 e. The monoisotopic (exact) mass is 744 g/mol. The molecule has 0 atom stereocenters. The van der Waals surface area contributed by atoms with E-state index in [0.29, 0.717) is 5.56 Å². The molecule has 5 aromatic rings. The molecule has 0 bridgehead atoms. The summed E-state index contributed by atoms with van der Waals surface area (Å²) >= 11 is 5.61. The highest BCUT2D eigenvalue weighted by molar-refractivity contribution is 6.30. The van der Waals surface area contributed by atoms with Crippen molar-refractivity contribution in [2.24, 2.45) is 0 Å². The number of benzene rings is 5. The van der Waals surface area contributed by atoms with E-state index in [2.05, 4.69) is 4.74 Å². The fourth-order valence-electron chi connectivity index (χ4n) is 3.58.